The van der Waals surface area contributed by atoms with Crippen molar-refractivity contribution in [2.45, 2.75) is 64.3 Å². The fraction of sp³-hybridized carbons (Fsp3) is 0.684. The third-order valence-electron chi connectivity index (χ3n) is 5.78. The molecule has 2 aromatic heterocycles. The highest BCUT2D eigenvalue weighted by Crippen LogP contribution is 2.27. The number of aryl methyl sites for hydroxylation is 1. The molecule has 4 rings (SSSR count). The Hall–Kier alpha value is -1.62. The van der Waals surface area contributed by atoms with E-state index in [-0.39, 0.29) is 5.56 Å². The van der Waals surface area contributed by atoms with Crippen LogP contribution in [-0.2, 0) is 11.3 Å². The lowest BCUT2D eigenvalue weighted by Gasteiger charge is -2.24. The average molecular weight is 329 g/mol. The van der Waals surface area contributed by atoms with Crippen LogP contribution in [0.5, 0.6) is 0 Å². The van der Waals surface area contributed by atoms with Gasteiger partial charge >= 0.3 is 0 Å². The number of fused-ring (bicyclic) bond motifs is 1. The van der Waals surface area contributed by atoms with E-state index in [0.29, 0.717) is 11.8 Å². The van der Waals surface area contributed by atoms with Crippen molar-refractivity contribution < 1.29 is 4.74 Å². The standard InChI is InChI=1S/C19H27N3O2/c1-14-12-22-17(11-20-18(22)16-7-9-24-10-8-16)19(23)21(14)13-15-5-3-2-4-6-15/h11-12,15-16H,2-10,13H2,1H3. The van der Waals surface area contributed by atoms with Crippen molar-refractivity contribution in [2.75, 3.05) is 13.2 Å². The summed E-state index contributed by atoms with van der Waals surface area (Å²) < 4.78 is 9.46. The van der Waals surface area contributed by atoms with E-state index in [1.807, 2.05) is 8.97 Å². The molecule has 2 fully saturated rings. The number of ether oxygens (including phenoxy) is 1. The first-order valence-corrected chi connectivity index (χ1v) is 9.39. The molecule has 1 aliphatic heterocycles. The molecule has 1 saturated heterocycles. The van der Waals surface area contributed by atoms with E-state index in [1.54, 1.807) is 6.20 Å². The van der Waals surface area contributed by atoms with Crippen molar-refractivity contribution >= 4 is 5.52 Å². The van der Waals surface area contributed by atoms with E-state index in [0.717, 1.165) is 49.6 Å². The summed E-state index contributed by atoms with van der Waals surface area (Å²) in [6.07, 6.45) is 12.3. The largest absolute Gasteiger partial charge is 0.381 e. The van der Waals surface area contributed by atoms with Crippen LogP contribution < -0.4 is 5.56 Å². The summed E-state index contributed by atoms with van der Waals surface area (Å²) in [6, 6.07) is 0. The Labute approximate surface area is 142 Å². The number of hydrogen-bond acceptors (Lipinski definition) is 3. The predicted octanol–water partition coefficient (Wildman–Crippen LogP) is 3.28. The predicted molar refractivity (Wildman–Crippen MR) is 93.6 cm³/mol. The van der Waals surface area contributed by atoms with Crippen LogP contribution in [-0.4, -0.2) is 27.2 Å². The minimum atomic E-state index is 0.117. The van der Waals surface area contributed by atoms with Gasteiger partial charge in [-0.1, -0.05) is 19.3 Å². The molecule has 130 valence electrons. The molecule has 0 radical (unpaired) electrons. The Morgan fingerprint density at radius 2 is 1.92 bits per heavy atom. The summed E-state index contributed by atoms with van der Waals surface area (Å²) >= 11 is 0. The molecule has 0 spiro atoms. The van der Waals surface area contributed by atoms with Crippen LogP contribution in [0.2, 0.25) is 0 Å². The van der Waals surface area contributed by atoms with Crippen LogP contribution in [0, 0.1) is 12.8 Å². The van der Waals surface area contributed by atoms with E-state index in [9.17, 15) is 4.79 Å². The lowest BCUT2D eigenvalue weighted by molar-refractivity contribution is 0.0835. The van der Waals surface area contributed by atoms with Crippen molar-refractivity contribution in [3.63, 3.8) is 0 Å². The first-order valence-electron chi connectivity index (χ1n) is 9.39. The Morgan fingerprint density at radius 1 is 1.17 bits per heavy atom. The van der Waals surface area contributed by atoms with Gasteiger partial charge in [-0.2, -0.15) is 0 Å². The first kappa shape index (κ1) is 15.9. The number of hydrogen-bond donors (Lipinski definition) is 0. The fourth-order valence-corrected chi connectivity index (χ4v) is 4.34. The maximum absolute atomic E-state index is 13.0. The minimum absolute atomic E-state index is 0.117. The van der Waals surface area contributed by atoms with Crippen LogP contribution in [0.3, 0.4) is 0 Å². The lowest BCUT2D eigenvalue weighted by Crippen LogP contribution is -2.28. The second-order valence-corrected chi connectivity index (χ2v) is 7.45. The molecular weight excluding hydrogens is 302 g/mol. The second-order valence-electron chi connectivity index (χ2n) is 7.45. The first-order chi connectivity index (χ1) is 11.7. The Morgan fingerprint density at radius 3 is 2.67 bits per heavy atom. The van der Waals surface area contributed by atoms with Crippen molar-refractivity contribution in [3.05, 3.63) is 34.3 Å². The van der Waals surface area contributed by atoms with Crippen LogP contribution in [0.15, 0.2) is 17.2 Å². The van der Waals surface area contributed by atoms with Crippen molar-refractivity contribution in [3.8, 4) is 0 Å². The quantitative estimate of drug-likeness (QED) is 0.868. The number of rotatable bonds is 3. The van der Waals surface area contributed by atoms with Crippen LogP contribution in [0.1, 0.15) is 62.4 Å². The van der Waals surface area contributed by atoms with Crippen LogP contribution in [0.25, 0.3) is 5.52 Å². The van der Waals surface area contributed by atoms with Gasteiger partial charge in [-0.3, -0.25) is 9.20 Å². The highest BCUT2D eigenvalue weighted by Gasteiger charge is 2.22. The van der Waals surface area contributed by atoms with Gasteiger partial charge in [-0.15, -0.1) is 0 Å². The summed E-state index contributed by atoms with van der Waals surface area (Å²) in [7, 11) is 0. The van der Waals surface area contributed by atoms with E-state index in [1.165, 1.54) is 32.1 Å². The maximum Gasteiger partial charge on any atom is 0.276 e. The van der Waals surface area contributed by atoms with E-state index in [4.69, 9.17) is 4.74 Å². The maximum atomic E-state index is 13.0. The SMILES string of the molecule is Cc1cn2c(C3CCOCC3)ncc2c(=O)n1CC1CCCCC1. The highest BCUT2D eigenvalue weighted by molar-refractivity contribution is 5.45. The number of nitrogens with zero attached hydrogens (tertiary/aromatic N) is 3. The Bertz CT molecular complexity index is 765. The van der Waals surface area contributed by atoms with Crippen LogP contribution >= 0.6 is 0 Å². The van der Waals surface area contributed by atoms with Gasteiger partial charge in [0.25, 0.3) is 5.56 Å². The third-order valence-corrected chi connectivity index (χ3v) is 5.78. The molecule has 24 heavy (non-hydrogen) atoms. The van der Waals surface area contributed by atoms with Gasteiger partial charge < -0.3 is 9.30 Å². The normalized spacial score (nSPS) is 20.7. The molecule has 0 atom stereocenters. The summed E-state index contributed by atoms with van der Waals surface area (Å²) in [5.41, 5.74) is 1.88. The zero-order valence-electron chi connectivity index (χ0n) is 14.5. The van der Waals surface area contributed by atoms with E-state index in [2.05, 4.69) is 18.1 Å². The molecule has 0 amide bonds. The van der Waals surface area contributed by atoms with Gasteiger partial charge in [0, 0.05) is 37.6 Å². The van der Waals surface area contributed by atoms with Gasteiger partial charge in [0.1, 0.15) is 11.3 Å². The smallest absolute Gasteiger partial charge is 0.276 e. The van der Waals surface area contributed by atoms with Gasteiger partial charge in [-0.05, 0) is 38.5 Å². The molecule has 5 nitrogen and oxygen atoms in total. The molecule has 0 aromatic carbocycles. The van der Waals surface area contributed by atoms with E-state index >= 15 is 0 Å². The zero-order chi connectivity index (χ0) is 16.5. The Balaban J connectivity index is 1.68. The van der Waals surface area contributed by atoms with Gasteiger partial charge in [0.05, 0.1) is 6.20 Å². The molecule has 0 bridgehead atoms. The molecule has 0 unspecified atom stereocenters. The van der Waals surface area contributed by atoms with Crippen molar-refractivity contribution in [1.29, 1.82) is 0 Å². The van der Waals surface area contributed by atoms with Gasteiger partial charge in [0.2, 0.25) is 0 Å². The topological polar surface area (TPSA) is 48.5 Å². The average Bonchev–Trinajstić information content (AvgIpc) is 3.04. The molecule has 0 N–H and O–H groups in total. The summed E-state index contributed by atoms with van der Waals surface area (Å²) in [4.78, 5) is 17.6. The van der Waals surface area contributed by atoms with Gasteiger partial charge in [0.15, 0.2) is 0 Å². The highest BCUT2D eigenvalue weighted by atomic mass is 16.5. The summed E-state index contributed by atoms with van der Waals surface area (Å²) in [5, 5.41) is 0. The summed E-state index contributed by atoms with van der Waals surface area (Å²) in [6.45, 7) is 4.49. The van der Waals surface area contributed by atoms with Crippen LogP contribution in [0.4, 0.5) is 0 Å². The number of aromatic nitrogens is 3. The van der Waals surface area contributed by atoms with E-state index < -0.39 is 0 Å². The molecule has 3 heterocycles. The molecule has 1 saturated carbocycles. The molecule has 5 heteroatoms. The molecule has 1 aliphatic carbocycles. The monoisotopic (exact) mass is 329 g/mol. The van der Waals surface area contributed by atoms with Crippen molar-refractivity contribution in [2.24, 2.45) is 5.92 Å². The second kappa shape index (κ2) is 6.71. The molecule has 2 aromatic rings. The zero-order valence-corrected chi connectivity index (χ0v) is 14.5. The minimum Gasteiger partial charge on any atom is -0.381 e. The third kappa shape index (κ3) is 2.90. The molecular formula is C19H27N3O2. The lowest BCUT2D eigenvalue weighted by atomic mass is 9.89. The summed E-state index contributed by atoms with van der Waals surface area (Å²) in [5.74, 6) is 2.07. The fourth-order valence-electron chi connectivity index (χ4n) is 4.34. The number of imidazole rings is 1. The Kier molecular flexibility index (Phi) is 4.44. The van der Waals surface area contributed by atoms with Crippen molar-refractivity contribution in [1.82, 2.24) is 14.0 Å². The molecule has 2 aliphatic rings. The van der Waals surface area contributed by atoms with Gasteiger partial charge in [-0.25, -0.2) is 4.98 Å².